The van der Waals surface area contributed by atoms with Crippen molar-refractivity contribution in [3.05, 3.63) is 66.5 Å². The van der Waals surface area contributed by atoms with E-state index >= 15 is 0 Å². The molecule has 2 aromatic carbocycles. The number of nitrogens with zero attached hydrogens (tertiary/aromatic N) is 2. The molecule has 3 aromatic rings. The fourth-order valence-corrected chi connectivity index (χ4v) is 3.86. The SMILES string of the molecule is CCc1ccc(NC(=O)[C@@H]2C[C@@H](Nc3ccc4cnccc4c3)CN2C(=O)O)cc1. The minimum absolute atomic E-state index is 0.154. The van der Waals surface area contributed by atoms with Crippen LogP contribution in [0.2, 0.25) is 0 Å². The van der Waals surface area contributed by atoms with Gasteiger partial charge in [0.25, 0.3) is 0 Å². The number of nitrogens with one attached hydrogen (secondary N) is 2. The molecule has 7 nitrogen and oxygen atoms in total. The Kier molecular flexibility index (Phi) is 5.52. The number of benzene rings is 2. The number of aryl methyl sites for hydroxylation is 1. The first-order valence-electron chi connectivity index (χ1n) is 10.0. The van der Waals surface area contributed by atoms with E-state index in [0.717, 1.165) is 22.9 Å². The van der Waals surface area contributed by atoms with E-state index < -0.39 is 12.1 Å². The van der Waals surface area contributed by atoms with Crippen LogP contribution in [-0.4, -0.2) is 45.6 Å². The van der Waals surface area contributed by atoms with Gasteiger partial charge in [-0.1, -0.05) is 25.1 Å². The molecular weight excluding hydrogens is 380 g/mol. The van der Waals surface area contributed by atoms with Gasteiger partial charge in [0.2, 0.25) is 5.91 Å². The summed E-state index contributed by atoms with van der Waals surface area (Å²) < 4.78 is 0. The van der Waals surface area contributed by atoms with Crippen LogP contribution < -0.4 is 10.6 Å². The Labute approximate surface area is 174 Å². The molecule has 1 aliphatic heterocycles. The van der Waals surface area contributed by atoms with Gasteiger partial charge in [0.05, 0.1) is 0 Å². The second-order valence-corrected chi connectivity index (χ2v) is 7.51. The molecule has 0 saturated carbocycles. The maximum Gasteiger partial charge on any atom is 0.408 e. The third kappa shape index (κ3) is 4.20. The smallest absolute Gasteiger partial charge is 0.408 e. The van der Waals surface area contributed by atoms with Crippen molar-refractivity contribution in [2.45, 2.75) is 31.8 Å². The zero-order valence-corrected chi connectivity index (χ0v) is 16.7. The van der Waals surface area contributed by atoms with Gasteiger partial charge in [-0.2, -0.15) is 0 Å². The Morgan fingerprint density at radius 1 is 1.10 bits per heavy atom. The van der Waals surface area contributed by atoms with Crippen LogP contribution in [0.3, 0.4) is 0 Å². The third-order valence-electron chi connectivity index (χ3n) is 5.49. The minimum Gasteiger partial charge on any atom is -0.465 e. The van der Waals surface area contributed by atoms with Crippen molar-refractivity contribution in [2.75, 3.05) is 17.2 Å². The lowest BCUT2D eigenvalue weighted by molar-refractivity contribution is -0.119. The Hall–Kier alpha value is -3.61. The molecule has 1 saturated heterocycles. The highest BCUT2D eigenvalue weighted by atomic mass is 16.4. The third-order valence-corrected chi connectivity index (χ3v) is 5.49. The summed E-state index contributed by atoms with van der Waals surface area (Å²) in [4.78, 5) is 29.9. The Morgan fingerprint density at radius 2 is 1.87 bits per heavy atom. The number of carbonyl (C=O) groups is 2. The monoisotopic (exact) mass is 404 g/mol. The molecular formula is C23H24N4O3. The number of likely N-dealkylation sites (tertiary alicyclic amines) is 1. The van der Waals surface area contributed by atoms with Crippen LogP contribution >= 0.6 is 0 Å². The fourth-order valence-electron chi connectivity index (χ4n) is 3.86. The molecule has 0 bridgehead atoms. The maximum atomic E-state index is 12.8. The van der Waals surface area contributed by atoms with Crippen LogP contribution in [0.5, 0.6) is 0 Å². The molecule has 0 aliphatic carbocycles. The van der Waals surface area contributed by atoms with Crippen molar-refractivity contribution >= 4 is 34.1 Å². The highest BCUT2D eigenvalue weighted by Crippen LogP contribution is 2.25. The van der Waals surface area contributed by atoms with Gasteiger partial charge in [-0.05, 0) is 54.1 Å². The largest absolute Gasteiger partial charge is 0.465 e. The van der Waals surface area contributed by atoms with Gasteiger partial charge in [0, 0.05) is 41.7 Å². The highest BCUT2D eigenvalue weighted by Gasteiger charge is 2.39. The molecule has 0 spiro atoms. The summed E-state index contributed by atoms with van der Waals surface area (Å²) in [6.45, 7) is 2.31. The zero-order valence-electron chi connectivity index (χ0n) is 16.7. The van der Waals surface area contributed by atoms with Crippen LogP contribution in [0.4, 0.5) is 16.2 Å². The topological polar surface area (TPSA) is 94.6 Å². The number of hydrogen-bond donors (Lipinski definition) is 3. The van der Waals surface area contributed by atoms with Crippen LogP contribution in [0, 0.1) is 0 Å². The summed E-state index contributed by atoms with van der Waals surface area (Å²) in [5.41, 5.74) is 2.73. The van der Waals surface area contributed by atoms with Crippen molar-refractivity contribution in [3.8, 4) is 0 Å². The van der Waals surface area contributed by atoms with Gasteiger partial charge < -0.3 is 15.7 Å². The molecule has 2 amide bonds. The molecule has 0 radical (unpaired) electrons. The second-order valence-electron chi connectivity index (χ2n) is 7.51. The lowest BCUT2D eigenvalue weighted by Crippen LogP contribution is -2.42. The standard InChI is InChI=1S/C23H24N4O3/c1-2-15-3-6-18(7-4-15)26-22(28)21-12-20(14-27(21)23(29)30)25-19-8-5-17-13-24-10-9-16(17)11-19/h3-11,13,20-21,25H,2,12,14H2,1H3,(H,26,28)(H,29,30)/t20-,21+/m1/s1. The van der Waals surface area contributed by atoms with Crippen molar-refractivity contribution in [1.29, 1.82) is 0 Å². The molecule has 1 fully saturated rings. The van der Waals surface area contributed by atoms with E-state index in [9.17, 15) is 14.7 Å². The van der Waals surface area contributed by atoms with Gasteiger partial charge in [-0.25, -0.2) is 4.79 Å². The number of amides is 2. The van der Waals surface area contributed by atoms with E-state index in [1.165, 1.54) is 10.5 Å². The predicted molar refractivity (Wildman–Crippen MR) is 117 cm³/mol. The fraction of sp³-hybridized carbons (Fsp3) is 0.261. The number of pyridine rings is 1. The van der Waals surface area contributed by atoms with Crippen LogP contribution in [0.25, 0.3) is 10.8 Å². The summed E-state index contributed by atoms with van der Waals surface area (Å²) in [6.07, 6.45) is 3.77. The molecule has 1 aliphatic rings. The molecule has 1 aromatic heterocycles. The average molecular weight is 404 g/mol. The van der Waals surface area contributed by atoms with Crippen molar-refractivity contribution in [2.24, 2.45) is 0 Å². The van der Waals surface area contributed by atoms with Crippen molar-refractivity contribution in [1.82, 2.24) is 9.88 Å². The summed E-state index contributed by atoms with van der Waals surface area (Å²) >= 11 is 0. The number of carboxylic acid groups (broad SMARTS) is 1. The van der Waals surface area contributed by atoms with E-state index in [4.69, 9.17) is 0 Å². The quantitative estimate of drug-likeness (QED) is 0.598. The summed E-state index contributed by atoms with van der Waals surface area (Å²) in [7, 11) is 0. The normalized spacial score (nSPS) is 18.4. The van der Waals surface area contributed by atoms with E-state index in [2.05, 4.69) is 22.5 Å². The number of rotatable bonds is 5. The highest BCUT2D eigenvalue weighted by molar-refractivity contribution is 5.97. The number of hydrogen-bond acceptors (Lipinski definition) is 4. The average Bonchev–Trinajstić information content (AvgIpc) is 3.18. The molecule has 7 heteroatoms. The Bertz CT molecular complexity index is 1070. The van der Waals surface area contributed by atoms with Crippen molar-refractivity contribution < 1.29 is 14.7 Å². The second kappa shape index (κ2) is 8.41. The minimum atomic E-state index is -1.09. The van der Waals surface area contributed by atoms with Gasteiger partial charge in [0.15, 0.2) is 0 Å². The molecule has 4 rings (SSSR count). The molecule has 0 unspecified atom stereocenters. The van der Waals surface area contributed by atoms with E-state index in [0.29, 0.717) is 12.1 Å². The summed E-state index contributed by atoms with van der Waals surface area (Å²) in [5.74, 6) is -0.310. The van der Waals surface area contributed by atoms with Crippen LogP contribution in [0.1, 0.15) is 18.9 Å². The lowest BCUT2D eigenvalue weighted by atomic mass is 10.1. The van der Waals surface area contributed by atoms with Crippen LogP contribution in [0.15, 0.2) is 60.9 Å². The molecule has 154 valence electrons. The molecule has 2 atom stereocenters. The van der Waals surface area contributed by atoms with Gasteiger partial charge >= 0.3 is 6.09 Å². The van der Waals surface area contributed by atoms with Crippen LogP contribution in [-0.2, 0) is 11.2 Å². The number of aromatic nitrogens is 1. The number of fused-ring (bicyclic) bond motifs is 1. The van der Waals surface area contributed by atoms with E-state index in [-0.39, 0.29) is 18.5 Å². The van der Waals surface area contributed by atoms with Crippen molar-refractivity contribution in [3.63, 3.8) is 0 Å². The summed E-state index contributed by atoms with van der Waals surface area (Å²) in [5, 5.41) is 17.9. The maximum absolute atomic E-state index is 12.8. The Morgan fingerprint density at radius 3 is 2.60 bits per heavy atom. The van der Waals surface area contributed by atoms with E-state index in [1.54, 1.807) is 12.4 Å². The predicted octanol–water partition coefficient (Wildman–Crippen LogP) is 3.97. The molecule has 3 N–H and O–H groups in total. The first-order valence-corrected chi connectivity index (χ1v) is 10.0. The first kappa shape index (κ1) is 19.7. The first-order chi connectivity index (χ1) is 14.5. The molecule has 30 heavy (non-hydrogen) atoms. The zero-order chi connectivity index (χ0) is 21.1. The lowest BCUT2D eigenvalue weighted by Gasteiger charge is -2.20. The number of anilines is 2. The van der Waals surface area contributed by atoms with Gasteiger partial charge in [-0.3, -0.25) is 14.7 Å². The number of carbonyl (C=O) groups excluding carboxylic acids is 1. The van der Waals surface area contributed by atoms with E-state index in [1.807, 2.05) is 48.5 Å². The van der Waals surface area contributed by atoms with Gasteiger partial charge in [0.1, 0.15) is 6.04 Å². The van der Waals surface area contributed by atoms with Gasteiger partial charge in [-0.15, -0.1) is 0 Å². The molecule has 2 heterocycles. The Balaban J connectivity index is 1.46. The summed E-state index contributed by atoms with van der Waals surface area (Å²) in [6, 6.07) is 14.6.